The van der Waals surface area contributed by atoms with Gasteiger partial charge in [-0.2, -0.15) is 0 Å². The highest BCUT2D eigenvalue weighted by atomic mass is 32.2. The zero-order chi connectivity index (χ0) is 14.6. The molecule has 0 saturated carbocycles. The van der Waals surface area contributed by atoms with Crippen molar-refractivity contribution in [3.63, 3.8) is 0 Å². The molecule has 5 heteroatoms. The molecule has 2 N–H and O–H groups in total. The molecule has 0 aliphatic carbocycles. The first-order valence-electron chi connectivity index (χ1n) is 6.52. The molecule has 0 heterocycles. The molecule has 0 fully saturated rings. The second-order valence-corrected chi connectivity index (χ2v) is 7.05. The van der Waals surface area contributed by atoms with Crippen molar-refractivity contribution in [1.82, 2.24) is 10.0 Å². The van der Waals surface area contributed by atoms with Gasteiger partial charge in [0.25, 0.3) is 0 Å². The lowest BCUT2D eigenvalue weighted by atomic mass is 10.1. The van der Waals surface area contributed by atoms with E-state index in [0.717, 1.165) is 16.7 Å². The van der Waals surface area contributed by atoms with Crippen LogP contribution in [0.15, 0.2) is 17.0 Å². The Morgan fingerprint density at radius 1 is 1.21 bits per heavy atom. The summed E-state index contributed by atoms with van der Waals surface area (Å²) in [6, 6.07) is 3.77. The number of nitrogens with one attached hydrogen (secondary N) is 2. The van der Waals surface area contributed by atoms with Gasteiger partial charge in [-0.05, 0) is 49.6 Å². The van der Waals surface area contributed by atoms with E-state index in [4.69, 9.17) is 0 Å². The fourth-order valence-corrected chi connectivity index (χ4v) is 3.42. The molecule has 0 bridgehead atoms. The predicted octanol–water partition coefficient (Wildman–Crippen LogP) is 1.96. The summed E-state index contributed by atoms with van der Waals surface area (Å²) in [6.07, 6.45) is 0. The summed E-state index contributed by atoms with van der Waals surface area (Å²) in [4.78, 5) is 0.387. The third kappa shape index (κ3) is 4.30. The van der Waals surface area contributed by atoms with Crippen LogP contribution in [0.2, 0.25) is 0 Å². The molecule has 1 aromatic carbocycles. The molecule has 19 heavy (non-hydrogen) atoms. The maximum Gasteiger partial charge on any atom is 0.240 e. The smallest absolute Gasteiger partial charge is 0.240 e. The second-order valence-electron chi connectivity index (χ2n) is 5.31. The van der Waals surface area contributed by atoms with Gasteiger partial charge < -0.3 is 5.32 Å². The standard InChI is InChI=1S/C14H24N2O2S/c1-10(2)8-16-19(17,18)14-7-13(9-15-5)6-11(3)12(14)4/h6-7,10,15-16H,8-9H2,1-5H3. The second kappa shape index (κ2) is 6.50. The molecule has 0 spiro atoms. The minimum absolute atomic E-state index is 0.289. The van der Waals surface area contributed by atoms with E-state index in [2.05, 4.69) is 10.0 Å². The number of benzene rings is 1. The molecule has 0 aliphatic heterocycles. The summed E-state index contributed by atoms with van der Waals surface area (Å²) >= 11 is 0. The van der Waals surface area contributed by atoms with Crippen LogP contribution in [0.5, 0.6) is 0 Å². The van der Waals surface area contributed by atoms with Crippen LogP contribution in [0, 0.1) is 19.8 Å². The van der Waals surface area contributed by atoms with Gasteiger partial charge in [-0.1, -0.05) is 19.9 Å². The molecule has 4 nitrogen and oxygen atoms in total. The van der Waals surface area contributed by atoms with Crippen molar-refractivity contribution in [3.05, 3.63) is 28.8 Å². The Labute approximate surface area is 116 Å². The molecule has 0 radical (unpaired) electrons. The van der Waals surface area contributed by atoms with E-state index >= 15 is 0 Å². The molecular formula is C14H24N2O2S. The maximum absolute atomic E-state index is 12.3. The molecular weight excluding hydrogens is 260 g/mol. The average Bonchev–Trinajstić information content (AvgIpc) is 2.31. The summed E-state index contributed by atoms with van der Waals surface area (Å²) in [5.74, 6) is 0.289. The predicted molar refractivity (Wildman–Crippen MR) is 78.7 cm³/mol. The van der Waals surface area contributed by atoms with Gasteiger partial charge in [0.2, 0.25) is 10.0 Å². The first-order chi connectivity index (χ1) is 8.77. The Bertz CT molecular complexity index is 537. The fourth-order valence-electron chi connectivity index (χ4n) is 1.84. The quantitative estimate of drug-likeness (QED) is 0.839. The number of hydrogen-bond acceptors (Lipinski definition) is 3. The highest BCUT2D eigenvalue weighted by Crippen LogP contribution is 2.21. The van der Waals surface area contributed by atoms with Crippen molar-refractivity contribution < 1.29 is 8.42 Å². The Balaban J connectivity index is 3.17. The normalized spacial score (nSPS) is 12.1. The van der Waals surface area contributed by atoms with Gasteiger partial charge in [0.05, 0.1) is 4.90 Å². The Hall–Kier alpha value is -0.910. The molecule has 0 unspecified atom stereocenters. The summed E-state index contributed by atoms with van der Waals surface area (Å²) < 4.78 is 27.3. The van der Waals surface area contributed by atoms with E-state index in [1.807, 2.05) is 40.8 Å². The van der Waals surface area contributed by atoms with Crippen molar-refractivity contribution in [2.24, 2.45) is 5.92 Å². The van der Waals surface area contributed by atoms with Gasteiger partial charge in [-0.3, -0.25) is 0 Å². The highest BCUT2D eigenvalue weighted by Gasteiger charge is 2.18. The van der Waals surface area contributed by atoms with E-state index < -0.39 is 10.0 Å². The molecule has 0 aliphatic rings. The average molecular weight is 284 g/mol. The number of sulfonamides is 1. The minimum Gasteiger partial charge on any atom is -0.316 e. The Kier molecular flexibility index (Phi) is 5.52. The summed E-state index contributed by atoms with van der Waals surface area (Å²) in [5, 5.41) is 3.04. The van der Waals surface area contributed by atoms with Crippen molar-refractivity contribution in [2.45, 2.75) is 39.1 Å². The Morgan fingerprint density at radius 3 is 2.37 bits per heavy atom. The zero-order valence-electron chi connectivity index (χ0n) is 12.4. The highest BCUT2D eigenvalue weighted by molar-refractivity contribution is 7.89. The number of aryl methyl sites for hydroxylation is 1. The third-order valence-corrected chi connectivity index (χ3v) is 4.58. The van der Waals surface area contributed by atoms with Crippen molar-refractivity contribution in [3.8, 4) is 0 Å². The van der Waals surface area contributed by atoms with Crippen LogP contribution in [-0.2, 0) is 16.6 Å². The van der Waals surface area contributed by atoms with E-state index in [0.29, 0.717) is 18.0 Å². The molecule has 0 aromatic heterocycles. The lowest BCUT2D eigenvalue weighted by Gasteiger charge is -2.14. The third-order valence-electron chi connectivity index (χ3n) is 3.03. The number of hydrogen-bond donors (Lipinski definition) is 2. The van der Waals surface area contributed by atoms with Gasteiger partial charge in [0, 0.05) is 13.1 Å². The zero-order valence-corrected chi connectivity index (χ0v) is 13.2. The van der Waals surface area contributed by atoms with E-state index in [9.17, 15) is 8.42 Å². The van der Waals surface area contributed by atoms with Crippen LogP contribution in [0.3, 0.4) is 0 Å². The summed E-state index contributed by atoms with van der Waals surface area (Å²) in [7, 11) is -1.58. The monoisotopic (exact) mass is 284 g/mol. The summed E-state index contributed by atoms with van der Waals surface area (Å²) in [5.41, 5.74) is 2.80. The van der Waals surface area contributed by atoms with Gasteiger partial charge in [-0.15, -0.1) is 0 Å². The fraction of sp³-hybridized carbons (Fsp3) is 0.571. The first kappa shape index (κ1) is 16.1. The molecule has 0 saturated heterocycles. The molecule has 1 aromatic rings. The van der Waals surface area contributed by atoms with Crippen LogP contribution >= 0.6 is 0 Å². The summed E-state index contributed by atoms with van der Waals surface area (Å²) in [6.45, 7) is 8.87. The number of rotatable bonds is 6. The molecule has 1 rings (SSSR count). The van der Waals surface area contributed by atoms with Crippen molar-refractivity contribution in [1.29, 1.82) is 0 Å². The Morgan fingerprint density at radius 2 is 1.84 bits per heavy atom. The van der Waals surface area contributed by atoms with E-state index in [-0.39, 0.29) is 5.92 Å². The molecule has 0 amide bonds. The largest absolute Gasteiger partial charge is 0.316 e. The maximum atomic E-state index is 12.3. The lowest BCUT2D eigenvalue weighted by molar-refractivity contribution is 0.559. The van der Waals surface area contributed by atoms with Gasteiger partial charge >= 0.3 is 0 Å². The van der Waals surface area contributed by atoms with Crippen LogP contribution < -0.4 is 10.0 Å². The van der Waals surface area contributed by atoms with Crippen molar-refractivity contribution in [2.75, 3.05) is 13.6 Å². The minimum atomic E-state index is -3.43. The molecule has 0 atom stereocenters. The van der Waals surface area contributed by atoms with Crippen LogP contribution in [0.1, 0.15) is 30.5 Å². The van der Waals surface area contributed by atoms with Crippen molar-refractivity contribution >= 4 is 10.0 Å². The van der Waals surface area contributed by atoms with Crippen LogP contribution in [0.4, 0.5) is 0 Å². The van der Waals surface area contributed by atoms with Gasteiger partial charge in [-0.25, -0.2) is 13.1 Å². The SMILES string of the molecule is CNCc1cc(C)c(C)c(S(=O)(=O)NCC(C)C)c1. The first-order valence-corrected chi connectivity index (χ1v) is 8.00. The van der Waals surface area contributed by atoms with Crippen LogP contribution in [0.25, 0.3) is 0 Å². The molecule has 108 valence electrons. The van der Waals surface area contributed by atoms with Gasteiger partial charge in [0.15, 0.2) is 0 Å². The lowest BCUT2D eigenvalue weighted by Crippen LogP contribution is -2.28. The van der Waals surface area contributed by atoms with Crippen LogP contribution in [-0.4, -0.2) is 22.0 Å². The van der Waals surface area contributed by atoms with Gasteiger partial charge in [0.1, 0.15) is 0 Å². The van der Waals surface area contributed by atoms with E-state index in [1.54, 1.807) is 6.07 Å². The van der Waals surface area contributed by atoms with E-state index in [1.165, 1.54) is 0 Å². The topological polar surface area (TPSA) is 58.2 Å².